The van der Waals surface area contributed by atoms with Gasteiger partial charge in [0, 0.05) is 31.6 Å². The normalized spacial score (nSPS) is 11.0. The molecule has 0 radical (unpaired) electrons. The standard InChI is InChI=1S/C20H18N4O2/c1-25-13-12-24-18-5-3-2-4-17(18)23-20(24)15-6-8-16(9-7-15)26-19-14-21-10-11-22-19/h2-11,14H,12-13H2,1H3. The minimum absolute atomic E-state index is 0.465. The Hall–Kier alpha value is -3.25. The van der Waals surface area contributed by atoms with Gasteiger partial charge in [0.15, 0.2) is 0 Å². The summed E-state index contributed by atoms with van der Waals surface area (Å²) in [5.74, 6) is 2.08. The largest absolute Gasteiger partial charge is 0.438 e. The minimum atomic E-state index is 0.465. The molecule has 0 fully saturated rings. The van der Waals surface area contributed by atoms with Gasteiger partial charge < -0.3 is 14.0 Å². The second-order valence-electron chi connectivity index (χ2n) is 5.74. The number of methoxy groups -OCH3 is 1. The van der Waals surface area contributed by atoms with Gasteiger partial charge in [-0.15, -0.1) is 0 Å². The van der Waals surface area contributed by atoms with Crippen LogP contribution in [0.5, 0.6) is 11.6 Å². The molecule has 0 spiro atoms. The summed E-state index contributed by atoms with van der Waals surface area (Å²) in [6.07, 6.45) is 4.79. The first-order valence-corrected chi connectivity index (χ1v) is 8.33. The van der Waals surface area contributed by atoms with Gasteiger partial charge in [0.05, 0.1) is 23.8 Å². The van der Waals surface area contributed by atoms with E-state index in [1.165, 1.54) is 0 Å². The summed E-state index contributed by atoms with van der Waals surface area (Å²) >= 11 is 0. The van der Waals surface area contributed by atoms with Crippen LogP contribution in [0.25, 0.3) is 22.4 Å². The van der Waals surface area contributed by atoms with Gasteiger partial charge in [0.2, 0.25) is 5.88 Å². The van der Waals surface area contributed by atoms with E-state index in [0.29, 0.717) is 18.2 Å². The van der Waals surface area contributed by atoms with Crippen molar-refractivity contribution in [2.45, 2.75) is 6.54 Å². The van der Waals surface area contributed by atoms with Crippen molar-refractivity contribution in [2.75, 3.05) is 13.7 Å². The van der Waals surface area contributed by atoms with E-state index in [1.807, 2.05) is 42.5 Å². The lowest BCUT2D eigenvalue weighted by atomic mass is 10.2. The van der Waals surface area contributed by atoms with Gasteiger partial charge in [0.1, 0.15) is 11.6 Å². The van der Waals surface area contributed by atoms with Crippen LogP contribution in [0.15, 0.2) is 67.1 Å². The maximum absolute atomic E-state index is 5.70. The average molecular weight is 346 g/mol. The van der Waals surface area contributed by atoms with E-state index >= 15 is 0 Å². The predicted octanol–water partition coefficient (Wildman–Crippen LogP) is 3.93. The Kier molecular flexibility index (Phi) is 4.57. The molecule has 2 aromatic carbocycles. The molecule has 26 heavy (non-hydrogen) atoms. The fourth-order valence-electron chi connectivity index (χ4n) is 2.84. The Bertz CT molecular complexity index is 997. The third-order valence-electron chi connectivity index (χ3n) is 4.05. The predicted molar refractivity (Wildman–Crippen MR) is 99.2 cm³/mol. The lowest BCUT2D eigenvalue weighted by Gasteiger charge is -2.09. The van der Waals surface area contributed by atoms with E-state index in [1.54, 1.807) is 25.7 Å². The summed E-state index contributed by atoms with van der Waals surface area (Å²) in [6.45, 7) is 1.37. The van der Waals surface area contributed by atoms with Gasteiger partial charge >= 0.3 is 0 Å². The van der Waals surface area contributed by atoms with Crippen molar-refractivity contribution in [3.05, 3.63) is 67.1 Å². The lowest BCUT2D eigenvalue weighted by molar-refractivity contribution is 0.188. The van der Waals surface area contributed by atoms with Crippen molar-refractivity contribution >= 4 is 11.0 Å². The van der Waals surface area contributed by atoms with Gasteiger partial charge in [0.25, 0.3) is 0 Å². The highest BCUT2D eigenvalue weighted by Gasteiger charge is 2.12. The number of rotatable bonds is 6. The smallest absolute Gasteiger partial charge is 0.237 e. The first-order chi connectivity index (χ1) is 12.8. The van der Waals surface area contributed by atoms with Crippen LogP contribution in [-0.4, -0.2) is 33.2 Å². The summed E-state index contributed by atoms with van der Waals surface area (Å²) in [7, 11) is 1.71. The fraction of sp³-hybridized carbons (Fsp3) is 0.150. The zero-order valence-electron chi connectivity index (χ0n) is 14.4. The zero-order chi connectivity index (χ0) is 17.8. The summed E-state index contributed by atoms with van der Waals surface area (Å²) < 4.78 is 13.1. The summed E-state index contributed by atoms with van der Waals surface area (Å²) in [4.78, 5) is 12.9. The van der Waals surface area contributed by atoms with Crippen LogP contribution >= 0.6 is 0 Å². The fourth-order valence-corrected chi connectivity index (χ4v) is 2.84. The highest BCUT2D eigenvalue weighted by molar-refractivity contribution is 5.80. The molecule has 4 rings (SSSR count). The number of hydrogen-bond acceptors (Lipinski definition) is 5. The van der Waals surface area contributed by atoms with Crippen LogP contribution in [0.1, 0.15) is 0 Å². The van der Waals surface area contributed by atoms with E-state index < -0.39 is 0 Å². The molecule has 6 heteroatoms. The maximum Gasteiger partial charge on any atom is 0.237 e. The van der Waals surface area contributed by atoms with Crippen molar-refractivity contribution in [2.24, 2.45) is 0 Å². The molecule has 0 aliphatic rings. The molecule has 6 nitrogen and oxygen atoms in total. The minimum Gasteiger partial charge on any atom is -0.438 e. The number of para-hydroxylation sites is 2. The van der Waals surface area contributed by atoms with Crippen LogP contribution < -0.4 is 4.74 Å². The van der Waals surface area contributed by atoms with Gasteiger partial charge in [-0.2, -0.15) is 0 Å². The highest BCUT2D eigenvalue weighted by Crippen LogP contribution is 2.27. The summed E-state index contributed by atoms with van der Waals surface area (Å²) in [6, 6.07) is 15.9. The number of aromatic nitrogens is 4. The van der Waals surface area contributed by atoms with Crippen LogP contribution in [0, 0.1) is 0 Å². The first-order valence-electron chi connectivity index (χ1n) is 8.33. The topological polar surface area (TPSA) is 62.1 Å². The van der Waals surface area contributed by atoms with Crippen molar-refractivity contribution in [3.63, 3.8) is 0 Å². The van der Waals surface area contributed by atoms with Crippen molar-refractivity contribution in [3.8, 4) is 23.0 Å². The number of fused-ring (bicyclic) bond motifs is 1. The molecule has 2 heterocycles. The average Bonchev–Trinajstić information content (AvgIpc) is 3.06. The van der Waals surface area contributed by atoms with E-state index in [4.69, 9.17) is 14.5 Å². The van der Waals surface area contributed by atoms with E-state index in [9.17, 15) is 0 Å². The quantitative estimate of drug-likeness (QED) is 0.529. The molecule has 0 unspecified atom stereocenters. The van der Waals surface area contributed by atoms with Crippen molar-refractivity contribution < 1.29 is 9.47 Å². The molecule has 130 valence electrons. The lowest BCUT2D eigenvalue weighted by Crippen LogP contribution is -2.05. The third kappa shape index (κ3) is 3.27. The van der Waals surface area contributed by atoms with Crippen LogP contribution in [0.2, 0.25) is 0 Å². The Labute approximate surface area is 151 Å². The van der Waals surface area contributed by atoms with E-state index in [2.05, 4.69) is 20.6 Å². The molecule has 0 aliphatic heterocycles. The number of imidazole rings is 1. The molecular weight excluding hydrogens is 328 g/mol. The Morgan fingerprint density at radius 3 is 2.62 bits per heavy atom. The second-order valence-corrected chi connectivity index (χ2v) is 5.74. The molecule has 4 aromatic rings. The molecule has 0 atom stereocenters. The number of nitrogens with zero attached hydrogens (tertiary/aromatic N) is 4. The van der Waals surface area contributed by atoms with E-state index in [0.717, 1.165) is 29.0 Å². The zero-order valence-corrected chi connectivity index (χ0v) is 14.4. The molecular formula is C20H18N4O2. The molecule has 2 aromatic heterocycles. The van der Waals surface area contributed by atoms with Gasteiger partial charge in [-0.25, -0.2) is 9.97 Å². The molecule has 0 bridgehead atoms. The third-order valence-corrected chi connectivity index (χ3v) is 4.05. The van der Waals surface area contributed by atoms with Gasteiger partial charge in [-0.05, 0) is 36.4 Å². The maximum atomic E-state index is 5.70. The second kappa shape index (κ2) is 7.33. The highest BCUT2D eigenvalue weighted by atomic mass is 16.5. The van der Waals surface area contributed by atoms with Crippen LogP contribution in [0.3, 0.4) is 0 Å². The number of benzene rings is 2. The van der Waals surface area contributed by atoms with E-state index in [-0.39, 0.29) is 0 Å². The number of ether oxygens (including phenoxy) is 2. The van der Waals surface area contributed by atoms with Crippen LogP contribution in [-0.2, 0) is 11.3 Å². The molecule has 0 saturated heterocycles. The number of hydrogen-bond donors (Lipinski definition) is 0. The molecule has 0 aliphatic carbocycles. The summed E-state index contributed by atoms with van der Waals surface area (Å²) in [5.41, 5.74) is 3.08. The summed E-state index contributed by atoms with van der Waals surface area (Å²) in [5, 5.41) is 0. The van der Waals surface area contributed by atoms with Crippen molar-refractivity contribution in [1.29, 1.82) is 0 Å². The van der Waals surface area contributed by atoms with Gasteiger partial charge in [-0.3, -0.25) is 4.98 Å². The molecule has 0 N–H and O–H groups in total. The monoisotopic (exact) mass is 346 g/mol. The molecule has 0 saturated carbocycles. The SMILES string of the molecule is COCCn1c(-c2ccc(Oc3cnccn3)cc2)nc2ccccc21. The first kappa shape index (κ1) is 16.2. The van der Waals surface area contributed by atoms with Crippen molar-refractivity contribution in [1.82, 2.24) is 19.5 Å². The van der Waals surface area contributed by atoms with Gasteiger partial charge in [-0.1, -0.05) is 12.1 Å². The van der Waals surface area contributed by atoms with Crippen LogP contribution in [0.4, 0.5) is 0 Å². The Balaban J connectivity index is 1.66. The Morgan fingerprint density at radius 1 is 1.00 bits per heavy atom. The Morgan fingerprint density at radius 2 is 1.85 bits per heavy atom. The molecule has 0 amide bonds.